The Balaban J connectivity index is 1.71. The normalized spacial score (nSPS) is 13.8. The van der Waals surface area contributed by atoms with Crippen LogP contribution in [0, 0.1) is 6.92 Å². The number of benzene rings is 2. The fourth-order valence-corrected chi connectivity index (χ4v) is 5.10. The molecule has 0 bridgehead atoms. The van der Waals surface area contributed by atoms with Crippen molar-refractivity contribution in [2.24, 2.45) is 0 Å². The van der Waals surface area contributed by atoms with Gasteiger partial charge in [-0.1, -0.05) is 12.1 Å². The van der Waals surface area contributed by atoms with E-state index in [0.717, 1.165) is 25.9 Å². The molecule has 8 nitrogen and oxygen atoms in total. The van der Waals surface area contributed by atoms with Gasteiger partial charge in [0.15, 0.2) is 0 Å². The summed E-state index contributed by atoms with van der Waals surface area (Å²) in [5.41, 5.74) is 1.71. The Kier molecular flexibility index (Phi) is 6.09. The first-order valence-electron chi connectivity index (χ1n) is 10.3. The maximum Gasteiger partial charge on any atom is 0.264 e. The third-order valence-electron chi connectivity index (χ3n) is 5.41. The van der Waals surface area contributed by atoms with Crippen molar-refractivity contribution in [1.29, 1.82) is 0 Å². The summed E-state index contributed by atoms with van der Waals surface area (Å²) in [4.78, 5) is 14.7. The number of para-hydroxylation sites is 2. The maximum absolute atomic E-state index is 13.4. The maximum atomic E-state index is 13.4. The van der Waals surface area contributed by atoms with Crippen molar-refractivity contribution in [1.82, 2.24) is 0 Å². The second kappa shape index (κ2) is 8.96. The second-order valence-corrected chi connectivity index (χ2v) is 9.18. The second-order valence-electron chi connectivity index (χ2n) is 7.53. The van der Waals surface area contributed by atoms with E-state index < -0.39 is 10.0 Å². The monoisotopic (exact) mass is 455 g/mol. The average molecular weight is 456 g/mol. The SMILES string of the molecule is COc1ccccc1NS(=O)(=O)c1cc(NC(=O)c2ccoc2C)ccc1N1CCCC1. The van der Waals surface area contributed by atoms with Crippen LogP contribution in [0.3, 0.4) is 0 Å². The van der Waals surface area contributed by atoms with Gasteiger partial charge in [0.2, 0.25) is 0 Å². The molecule has 2 heterocycles. The predicted octanol–water partition coefficient (Wildman–Crippen LogP) is 4.25. The summed E-state index contributed by atoms with van der Waals surface area (Å²) >= 11 is 0. The number of hydrogen-bond donors (Lipinski definition) is 2. The number of methoxy groups -OCH3 is 1. The molecule has 0 saturated carbocycles. The van der Waals surface area contributed by atoms with Crippen LogP contribution < -0.4 is 19.7 Å². The van der Waals surface area contributed by atoms with Crippen LogP contribution in [0.15, 0.2) is 64.1 Å². The van der Waals surface area contributed by atoms with Crippen molar-refractivity contribution in [3.63, 3.8) is 0 Å². The van der Waals surface area contributed by atoms with Crippen molar-refractivity contribution in [3.8, 4) is 5.75 Å². The molecular formula is C23H25N3O5S. The first kappa shape index (κ1) is 21.8. The number of carbonyl (C=O) groups excluding carboxylic acids is 1. The quantitative estimate of drug-likeness (QED) is 0.552. The van der Waals surface area contributed by atoms with Crippen LogP contribution in [0.25, 0.3) is 0 Å². The molecule has 1 aliphatic heterocycles. The minimum Gasteiger partial charge on any atom is -0.495 e. The molecule has 1 aliphatic rings. The number of amides is 1. The van der Waals surface area contributed by atoms with Crippen LogP contribution in [0.5, 0.6) is 5.75 Å². The van der Waals surface area contributed by atoms with Crippen LogP contribution in [0.4, 0.5) is 17.1 Å². The lowest BCUT2D eigenvalue weighted by atomic mass is 10.2. The molecule has 0 unspecified atom stereocenters. The Morgan fingerprint density at radius 1 is 1.09 bits per heavy atom. The Morgan fingerprint density at radius 2 is 1.84 bits per heavy atom. The van der Waals surface area contributed by atoms with Gasteiger partial charge in [0.05, 0.1) is 30.3 Å². The third kappa shape index (κ3) is 4.43. The van der Waals surface area contributed by atoms with Crippen molar-refractivity contribution in [2.45, 2.75) is 24.7 Å². The number of anilines is 3. The molecule has 0 radical (unpaired) electrons. The van der Waals surface area contributed by atoms with Crippen molar-refractivity contribution in [2.75, 3.05) is 35.1 Å². The number of sulfonamides is 1. The minimum atomic E-state index is -3.98. The molecule has 1 amide bonds. The molecule has 0 spiro atoms. The topological polar surface area (TPSA) is 101 Å². The van der Waals surface area contributed by atoms with Crippen LogP contribution >= 0.6 is 0 Å². The Bertz CT molecular complexity index is 1230. The molecule has 3 aromatic rings. The van der Waals surface area contributed by atoms with E-state index in [4.69, 9.17) is 9.15 Å². The third-order valence-corrected chi connectivity index (χ3v) is 6.80. The zero-order chi connectivity index (χ0) is 22.7. The first-order chi connectivity index (χ1) is 15.4. The van der Waals surface area contributed by atoms with Crippen molar-refractivity contribution in [3.05, 3.63) is 66.1 Å². The van der Waals surface area contributed by atoms with E-state index in [1.165, 1.54) is 19.4 Å². The summed E-state index contributed by atoms with van der Waals surface area (Å²) in [6.07, 6.45) is 3.43. The van der Waals surface area contributed by atoms with Gasteiger partial charge in [-0.15, -0.1) is 0 Å². The van der Waals surface area contributed by atoms with E-state index in [1.54, 1.807) is 49.4 Å². The molecule has 1 saturated heterocycles. The lowest BCUT2D eigenvalue weighted by molar-refractivity contribution is 0.102. The van der Waals surface area contributed by atoms with Gasteiger partial charge in [-0.3, -0.25) is 9.52 Å². The molecule has 4 rings (SSSR count). The highest BCUT2D eigenvalue weighted by molar-refractivity contribution is 7.93. The van der Waals surface area contributed by atoms with Gasteiger partial charge < -0.3 is 19.4 Å². The van der Waals surface area contributed by atoms with Gasteiger partial charge in [-0.05, 0) is 56.2 Å². The van der Waals surface area contributed by atoms with Gasteiger partial charge in [-0.2, -0.15) is 0 Å². The molecule has 1 aromatic heterocycles. The van der Waals surface area contributed by atoms with Crippen molar-refractivity contribution < 1.29 is 22.4 Å². The molecule has 0 atom stereocenters. The first-order valence-corrected chi connectivity index (χ1v) is 11.8. The summed E-state index contributed by atoms with van der Waals surface area (Å²) in [5.74, 6) is 0.534. The number of carbonyl (C=O) groups is 1. The van der Waals surface area contributed by atoms with E-state index in [-0.39, 0.29) is 10.8 Å². The highest BCUT2D eigenvalue weighted by atomic mass is 32.2. The fraction of sp³-hybridized carbons (Fsp3) is 0.261. The lowest BCUT2D eigenvalue weighted by Gasteiger charge is -2.23. The molecule has 2 aromatic carbocycles. The van der Waals surface area contributed by atoms with Crippen LogP contribution in [0.1, 0.15) is 29.0 Å². The van der Waals surface area contributed by atoms with E-state index in [1.807, 2.05) is 4.90 Å². The summed E-state index contributed by atoms with van der Waals surface area (Å²) in [6, 6.07) is 13.3. The number of rotatable bonds is 7. The van der Waals surface area contributed by atoms with E-state index >= 15 is 0 Å². The van der Waals surface area contributed by atoms with Crippen LogP contribution in [0.2, 0.25) is 0 Å². The summed E-state index contributed by atoms with van der Waals surface area (Å²) in [6.45, 7) is 3.24. The summed E-state index contributed by atoms with van der Waals surface area (Å²) < 4.78 is 40.0. The summed E-state index contributed by atoms with van der Waals surface area (Å²) in [5, 5.41) is 2.77. The average Bonchev–Trinajstić information content (AvgIpc) is 3.46. The Morgan fingerprint density at radius 3 is 2.53 bits per heavy atom. The largest absolute Gasteiger partial charge is 0.495 e. The number of nitrogens with one attached hydrogen (secondary N) is 2. The highest BCUT2D eigenvalue weighted by Gasteiger charge is 2.26. The smallest absolute Gasteiger partial charge is 0.264 e. The minimum absolute atomic E-state index is 0.0898. The number of aryl methyl sites for hydroxylation is 1. The van der Waals surface area contributed by atoms with E-state index in [2.05, 4.69) is 10.0 Å². The van der Waals surface area contributed by atoms with E-state index in [9.17, 15) is 13.2 Å². The fourth-order valence-electron chi connectivity index (χ4n) is 3.77. The molecule has 1 fully saturated rings. The molecule has 32 heavy (non-hydrogen) atoms. The zero-order valence-electron chi connectivity index (χ0n) is 17.9. The number of nitrogens with zero attached hydrogens (tertiary/aromatic N) is 1. The lowest BCUT2D eigenvalue weighted by Crippen LogP contribution is -2.23. The Hall–Kier alpha value is -3.46. The van der Waals surface area contributed by atoms with Crippen LogP contribution in [-0.2, 0) is 10.0 Å². The van der Waals surface area contributed by atoms with Gasteiger partial charge >= 0.3 is 0 Å². The highest BCUT2D eigenvalue weighted by Crippen LogP contribution is 2.34. The van der Waals surface area contributed by atoms with Gasteiger partial charge in [0.25, 0.3) is 15.9 Å². The molecule has 2 N–H and O–H groups in total. The van der Waals surface area contributed by atoms with Crippen LogP contribution in [-0.4, -0.2) is 34.5 Å². The standard InChI is InChI=1S/C23H25N3O5S/c1-16-18(11-14-31-16)23(27)24-17-9-10-20(26-12-5-6-13-26)22(15-17)32(28,29)25-19-7-3-4-8-21(19)30-2/h3-4,7-11,14-15,25H,5-6,12-13H2,1-2H3,(H,24,27). The zero-order valence-corrected chi connectivity index (χ0v) is 18.7. The molecule has 9 heteroatoms. The van der Waals surface area contributed by atoms with E-state index in [0.29, 0.717) is 34.1 Å². The Labute approximate surface area is 187 Å². The van der Waals surface area contributed by atoms with Gasteiger partial charge in [0, 0.05) is 18.8 Å². The van der Waals surface area contributed by atoms with Gasteiger partial charge in [0.1, 0.15) is 16.4 Å². The molecule has 168 valence electrons. The molecule has 0 aliphatic carbocycles. The number of hydrogen-bond acceptors (Lipinski definition) is 6. The predicted molar refractivity (Wildman–Crippen MR) is 123 cm³/mol. The number of furan rings is 1. The van der Waals surface area contributed by atoms with Gasteiger partial charge in [-0.25, -0.2) is 8.42 Å². The van der Waals surface area contributed by atoms with Crippen molar-refractivity contribution >= 4 is 33.0 Å². The summed E-state index contributed by atoms with van der Waals surface area (Å²) in [7, 11) is -2.49. The molecular weight excluding hydrogens is 430 g/mol. The number of ether oxygens (including phenoxy) is 1.